The Morgan fingerprint density at radius 2 is 0.600 bits per heavy atom. The standard InChI is InChI=1S/3C12H23O.Al/c3*1-3-5-7-12(8-6-4-2)9-11(13)10-12;/h3*11H,3-10H2,1-2H3;/q3*-1;+3. The highest BCUT2D eigenvalue weighted by Gasteiger charge is 2.53. The Kier molecular flexibility index (Phi) is 15.4. The predicted molar refractivity (Wildman–Crippen MR) is 173 cm³/mol. The topological polar surface area (TPSA) is 27.7 Å². The van der Waals surface area contributed by atoms with Gasteiger partial charge < -0.3 is 11.4 Å². The Morgan fingerprint density at radius 3 is 0.775 bits per heavy atom. The van der Waals surface area contributed by atoms with Crippen LogP contribution in [0.15, 0.2) is 0 Å². The number of hydrogen-bond acceptors (Lipinski definition) is 3. The van der Waals surface area contributed by atoms with Gasteiger partial charge in [-0.15, -0.1) is 0 Å². The number of rotatable bonds is 24. The van der Waals surface area contributed by atoms with E-state index in [1.54, 1.807) is 0 Å². The quantitative estimate of drug-likeness (QED) is 0.107. The van der Waals surface area contributed by atoms with E-state index >= 15 is 0 Å². The van der Waals surface area contributed by atoms with Crippen molar-refractivity contribution in [3.63, 3.8) is 0 Å². The summed E-state index contributed by atoms with van der Waals surface area (Å²) in [6.07, 6.45) is 32.9. The largest absolute Gasteiger partial charge is 0.906 e. The van der Waals surface area contributed by atoms with E-state index in [2.05, 4.69) is 41.5 Å². The van der Waals surface area contributed by atoms with Crippen LogP contribution in [0.4, 0.5) is 0 Å². The van der Waals surface area contributed by atoms with Gasteiger partial charge in [0.1, 0.15) is 0 Å². The Bertz CT molecular complexity index is 543. The minimum atomic E-state index is -2.14. The zero-order valence-corrected chi connectivity index (χ0v) is 29.2. The molecule has 0 N–H and O–H groups in total. The van der Waals surface area contributed by atoms with E-state index in [1.807, 2.05) is 0 Å². The molecule has 0 aromatic carbocycles. The van der Waals surface area contributed by atoms with Crippen molar-refractivity contribution in [2.24, 2.45) is 16.2 Å². The van der Waals surface area contributed by atoms with Crippen molar-refractivity contribution in [1.82, 2.24) is 0 Å². The van der Waals surface area contributed by atoms with Gasteiger partial charge >= 0.3 is 15.1 Å². The van der Waals surface area contributed by atoms with Crippen LogP contribution >= 0.6 is 0 Å². The lowest BCUT2D eigenvalue weighted by Gasteiger charge is -2.52. The summed E-state index contributed by atoms with van der Waals surface area (Å²) in [6, 6.07) is 0. The first-order chi connectivity index (χ1) is 19.4. The predicted octanol–water partition coefficient (Wildman–Crippen LogP) is 11.6. The van der Waals surface area contributed by atoms with Crippen LogP contribution in [-0.2, 0) is 11.4 Å². The molecule has 3 nitrogen and oxygen atoms in total. The van der Waals surface area contributed by atoms with Gasteiger partial charge in [-0.1, -0.05) is 119 Å². The lowest BCUT2D eigenvalue weighted by Crippen LogP contribution is -2.53. The SMILES string of the molecule is CCCCC1(CCCC)CC([O][Al]([O]C2CC(CCCC)(CCCC)C2)[O]C2CC(CCCC)(CCCC)C2)C1. The molecule has 0 spiro atoms. The fourth-order valence-electron chi connectivity index (χ4n) is 8.49. The minimum absolute atomic E-state index is 0.375. The molecular formula is C36H69AlO3. The van der Waals surface area contributed by atoms with Gasteiger partial charge in [0.25, 0.3) is 0 Å². The molecule has 0 atom stereocenters. The summed E-state index contributed by atoms with van der Waals surface area (Å²) in [4.78, 5) is 0. The van der Waals surface area contributed by atoms with Crippen LogP contribution in [0.3, 0.4) is 0 Å². The molecule has 0 aromatic heterocycles. The van der Waals surface area contributed by atoms with E-state index in [1.165, 1.54) is 154 Å². The fraction of sp³-hybridized carbons (Fsp3) is 1.00. The van der Waals surface area contributed by atoms with E-state index in [0.29, 0.717) is 34.6 Å². The van der Waals surface area contributed by atoms with E-state index in [-0.39, 0.29) is 0 Å². The third kappa shape index (κ3) is 10.3. The molecule has 40 heavy (non-hydrogen) atoms. The van der Waals surface area contributed by atoms with Crippen molar-refractivity contribution < 1.29 is 11.4 Å². The molecule has 0 heterocycles. The summed E-state index contributed by atoms with van der Waals surface area (Å²) in [5, 5.41) is 0. The zero-order chi connectivity index (χ0) is 28.9. The molecule has 3 aliphatic carbocycles. The average Bonchev–Trinajstić information content (AvgIpc) is 2.89. The van der Waals surface area contributed by atoms with Crippen LogP contribution in [-0.4, -0.2) is 33.5 Å². The number of unbranched alkanes of at least 4 members (excludes halogenated alkanes) is 6. The molecule has 3 fully saturated rings. The van der Waals surface area contributed by atoms with Crippen LogP contribution in [0.5, 0.6) is 0 Å². The van der Waals surface area contributed by atoms with Crippen molar-refractivity contribution in [1.29, 1.82) is 0 Å². The lowest BCUT2D eigenvalue weighted by atomic mass is 9.61. The zero-order valence-electron chi connectivity index (χ0n) is 28.0. The third-order valence-corrected chi connectivity index (χ3v) is 13.1. The van der Waals surface area contributed by atoms with Crippen LogP contribution in [0.2, 0.25) is 0 Å². The Labute approximate surface area is 256 Å². The normalized spacial score (nSPS) is 22.1. The average molecular weight is 577 g/mol. The first-order valence-electron chi connectivity index (χ1n) is 18.3. The van der Waals surface area contributed by atoms with E-state index in [4.69, 9.17) is 11.4 Å². The molecule has 3 aliphatic rings. The van der Waals surface area contributed by atoms with Gasteiger partial charge in [-0.05, 0) is 93.3 Å². The van der Waals surface area contributed by atoms with Crippen LogP contribution in [0.1, 0.15) is 196 Å². The maximum atomic E-state index is 6.87. The molecular weight excluding hydrogens is 507 g/mol. The summed E-state index contributed by atoms with van der Waals surface area (Å²) in [7, 11) is 0. The molecule has 0 bridgehead atoms. The molecule has 0 unspecified atom stereocenters. The summed E-state index contributed by atoms with van der Waals surface area (Å²) in [5.41, 5.74) is 1.61. The molecule has 234 valence electrons. The monoisotopic (exact) mass is 577 g/mol. The van der Waals surface area contributed by atoms with E-state index in [0.717, 1.165) is 0 Å². The van der Waals surface area contributed by atoms with Crippen molar-refractivity contribution in [2.75, 3.05) is 0 Å². The second kappa shape index (κ2) is 17.6. The van der Waals surface area contributed by atoms with Gasteiger partial charge in [0.15, 0.2) is 0 Å². The van der Waals surface area contributed by atoms with Gasteiger partial charge in [-0.2, -0.15) is 0 Å². The fourth-order valence-corrected chi connectivity index (χ4v) is 10.2. The Balaban J connectivity index is 1.59. The summed E-state index contributed by atoms with van der Waals surface area (Å²) in [6.45, 7) is 14.0. The second-order valence-corrected chi connectivity index (χ2v) is 16.3. The van der Waals surface area contributed by atoms with Gasteiger partial charge in [0, 0.05) is 18.3 Å². The molecule has 4 heteroatoms. The Morgan fingerprint density at radius 1 is 0.400 bits per heavy atom. The van der Waals surface area contributed by atoms with Crippen molar-refractivity contribution in [2.45, 2.75) is 214 Å². The molecule has 0 saturated heterocycles. The Hall–Kier alpha value is 0.412. The molecule has 0 aromatic rings. The van der Waals surface area contributed by atoms with Crippen LogP contribution in [0.25, 0.3) is 0 Å². The first kappa shape index (κ1) is 34.9. The molecule has 0 aliphatic heterocycles. The van der Waals surface area contributed by atoms with Gasteiger partial charge in [-0.25, -0.2) is 0 Å². The highest BCUT2D eigenvalue weighted by molar-refractivity contribution is 6.36. The third-order valence-electron chi connectivity index (χ3n) is 11.2. The van der Waals surface area contributed by atoms with Crippen molar-refractivity contribution >= 4 is 15.1 Å². The highest BCUT2D eigenvalue weighted by atomic mass is 27.3. The molecule has 0 radical (unpaired) electrons. The van der Waals surface area contributed by atoms with Gasteiger partial charge in [-0.3, -0.25) is 0 Å². The number of hydrogen-bond donors (Lipinski definition) is 0. The van der Waals surface area contributed by atoms with Gasteiger partial charge in [0.05, 0.1) is 0 Å². The van der Waals surface area contributed by atoms with Crippen molar-refractivity contribution in [3.05, 3.63) is 0 Å². The molecule has 0 amide bonds. The summed E-state index contributed by atoms with van der Waals surface area (Å²) in [5.74, 6) is 0. The minimum Gasteiger partial charge on any atom is -0.452 e. The van der Waals surface area contributed by atoms with E-state index in [9.17, 15) is 0 Å². The highest BCUT2D eigenvalue weighted by Crippen LogP contribution is 2.54. The smallest absolute Gasteiger partial charge is 0.452 e. The van der Waals surface area contributed by atoms with E-state index < -0.39 is 15.1 Å². The van der Waals surface area contributed by atoms with Crippen LogP contribution in [0, 0.1) is 16.2 Å². The van der Waals surface area contributed by atoms with Crippen molar-refractivity contribution in [3.8, 4) is 0 Å². The lowest BCUT2D eigenvalue weighted by molar-refractivity contribution is -0.122. The first-order valence-corrected chi connectivity index (χ1v) is 19.8. The molecule has 3 saturated carbocycles. The maximum Gasteiger partial charge on any atom is 0.906 e. The summed E-state index contributed by atoms with van der Waals surface area (Å²) >= 11 is -2.14. The maximum absolute atomic E-state index is 6.87. The second-order valence-electron chi connectivity index (χ2n) is 14.9. The van der Waals surface area contributed by atoms with Gasteiger partial charge in [0.2, 0.25) is 0 Å². The molecule has 3 rings (SSSR count). The van der Waals surface area contributed by atoms with Crippen LogP contribution < -0.4 is 0 Å². The summed E-state index contributed by atoms with van der Waals surface area (Å²) < 4.78 is 20.6.